The normalized spacial score (nSPS) is 16.7. The van der Waals surface area contributed by atoms with Gasteiger partial charge in [-0.25, -0.2) is 4.98 Å². The number of benzene rings is 2. The number of aliphatic carboxylic acids is 1. The molecule has 2 N–H and O–H groups in total. The van der Waals surface area contributed by atoms with Gasteiger partial charge in [-0.2, -0.15) is 4.98 Å². The zero-order valence-electron chi connectivity index (χ0n) is 18.4. The minimum absolute atomic E-state index is 0.298. The SMILES string of the molecule is O=C(O)C1(c2ccc(Oc3nc4nc(-c5ccc(N6CCCC6)cc5)c(Cl)cc4[nH]3)cc2)CC1. The van der Waals surface area contributed by atoms with Crippen LogP contribution in [0.2, 0.25) is 5.02 Å². The number of imidazole rings is 1. The summed E-state index contributed by atoms with van der Waals surface area (Å²) in [6.45, 7) is 2.20. The van der Waals surface area contributed by atoms with E-state index in [-0.39, 0.29) is 0 Å². The molecule has 8 heteroatoms. The zero-order chi connectivity index (χ0) is 23.3. The number of anilines is 1. The van der Waals surface area contributed by atoms with Gasteiger partial charge >= 0.3 is 12.0 Å². The molecule has 2 fully saturated rings. The first-order chi connectivity index (χ1) is 16.5. The van der Waals surface area contributed by atoms with E-state index < -0.39 is 11.4 Å². The Kier molecular flexibility index (Phi) is 4.95. The lowest BCUT2D eigenvalue weighted by molar-refractivity contribution is -0.140. The van der Waals surface area contributed by atoms with Crippen LogP contribution in [0.15, 0.2) is 54.6 Å². The second-order valence-corrected chi connectivity index (χ2v) is 9.39. The number of aromatic nitrogens is 3. The summed E-state index contributed by atoms with van der Waals surface area (Å²) in [5.74, 6) is -0.212. The molecule has 6 rings (SSSR count). The molecule has 1 saturated carbocycles. The molecule has 0 unspecified atom stereocenters. The summed E-state index contributed by atoms with van der Waals surface area (Å²) in [5, 5.41) is 10.00. The molecule has 3 heterocycles. The molecule has 2 aromatic carbocycles. The molecule has 1 aliphatic carbocycles. The van der Waals surface area contributed by atoms with Gasteiger partial charge in [-0.15, -0.1) is 0 Å². The summed E-state index contributed by atoms with van der Waals surface area (Å²) in [5.41, 5.74) is 4.08. The molecular weight excluding hydrogens is 452 g/mol. The average Bonchev–Trinajstić information content (AvgIpc) is 3.29. The van der Waals surface area contributed by atoms with Gasteiger partial charge in [0.15, 0.2) is 5.65 Å². The van der Waals surface area contributed by atoms with Gasteiger partial charge in [-0.3, -0.25) is 4.79 Å². The van der Waals surface area contributed by atoms with Gasteiger partial charge in [-0.05, 0) is 61.6 Å². The number of hydrogen-bond acceptors (Lipinski definition) is 5. The molecule has 2 aromatic heterocycles. The van der Waals surface area contributed by atoms with Crippen LogP contribution in [0, 0.1) is 0 Å². The molecular formula is C26H23ClN4O3. The lowest BCUT2D eigenvalue weighted by atomic mass is 9.96. The van der Waals surface area contributed by atoms with Crippen molar-refractivity contribution < 1.29 is 14.6 Å². The quantitative estimate of drug-likeness (QED) is 0.367. The van der Waals surface area contributed by atoms with E-state index in [4.69, 9.17) is 16.3 Å². The second-order valence-electron chi connectivity index (χ2n) is 8.99. The molecule has 0 spiro atoms. The highest BCUT2D eigenvalue weighted by Gasteiger charge is 2.51. The highest BCUT2D eigenvalue weighted by Crippen LogP contribution is 2.48. The Balaban J connectivity index is 1.23. The maximum atomic E-state index is 11.5. The van der Waals surface area contributed by atoms with Crippen LogP contribution in [0.25, 0.3) is 22.4 Å². The number of aromatic amines is 1. The van der Waals surface area contributed by atoms with E-state index in [0.717, 1.165) is 24.2 Å². The molecule has 2 aliphatic rings. The van der Waals surface area contributed by atoms with Crippen molar-refractivity contribution in [3.05, 3.63) is 65.2 Å². The van der Waals surface area contributed by atoms with Gasteiger partial charge < -0.3 is 19.7 Å². The number of nitrogens with zero attached hydrogens (tertiary/aromatic N) is 3. The molecule has 1 aliphatic heterocycles. The molecule has 7 nitrogen and oxygen atoms in total. The van der Waals surface area contributed by atoms with Gasteiger partial charge in [0, 0.05) is 24.3 Å². The zero-order valence-corrected chi connectivity index (χ0v) is 19.2. The van der Waals surface area contributed by atoms with Gasteiger partial charge in [-0.1, -0.05) is 35.9 Å². The molecule has 0 amide bonds. The van der Waals surface area contributed by atoms with Crippen LogP contribution in [0.4, 0.5) is 5.69 Å². The first-order valence-electron chi connectivity index (χ1n) is 11.5. The highest BCUT2D eigenvalue weighted by atomic mass is 35.5. The van der Waals surface area contributed by atoms with E-state index >= 15 is 0 Å². The number of fused-ring (bicyclic) bond motifs is 1. The fraction of sp³-hybridized carbons (Fsp3) is 0.269. The number of carboxylic acid groups (broad SMARTS) is 1. The standard InChI is InChI=1S/C26H23ClN4O3/c27-20-15-21-23(29-22(20)16-3-7-18(8-4-16)31-13-1-2-14-31)30-25(28-21)34-19-9-5-17(6-10-19)26(11-12-26)24(32)33/h3-10,15H,1-2,11-14H2,(H,32,33)(H,28,29,30). The monoisotopic (exact) mass is 474 g/mol. The van der Waals surface area contributed by atoms with Gasteiger partial charge in [0.2, 0.25) is 0 Å². The number of H-pyrrole nitrogens is 1. The number of nitrogens with one attached hydrogen (secondary N) is 1. The van der Waals surface area contributed by atoms with Crippen LogP contribution in [0.5, 0.6) is 11.8 Å². The maximum Gasteiger partial charge on any atom is 0.314 e. The molecule has 0 atom stereocenters. The molecule has 0 bridgehead atoms. The van der Waals surface area contributed by atoms with E-state index in [1.807, 2.05) is 12.1 Å². The number of rotatable bonds is 6. The topological polar surface area (TPSA) is 91.3 Å². The number of pyridine rings is 1. The van der Waals surface area contributed by atoms with Crippen LogP contribution >= 0.6 is 11.6 Å². The Morgan fingerprint density at radius 2 is 1.74 bits per heavy atom. The van der Waals surface area contributed by atoms with Crippen molar-refractivity contribution in [1.29, 1.82) is 0 Å². The predicted octanol–water partition coefficient (Wildman–Crippen LogP) is 5.79. The third kappa shape index (κ3) is 3.66. The largest absolute Gasteiger partial charge is 0.481 e. The second kappa shape index (κ2) is 8.02. The van der Waals surface area contributed by atoms with E-state index in [1.165, 1.54) is 18.5 Å². The van der Waals surface area contributed by atoms with Crippen molar-refractivity contribution in [2.45, 2.75) is 31.1 Å². The molecule has 34 heavy (non-hydrogen) atoms. The minimum atomic E-state index is -0.775. The number of carbonyl (C=O) groups is 1. The van der Waals surface area contributed by atoms with Crippen molar-refractivity contribution in [2.24, 2.45) is 0 Å². The van der Waals surface area contributed by atoms with Crippen LogP contribution in [0.3, 0.4) is 0 Å². The third-order valence-corrected chi connectivity index (χ3v) is 7.09. The van der Waals surface area contributed by atoms with Crippen molar-refractivity contribution >= 4 is 34.4 Å². The van der Waals surface area contributed by atoms with E-state index in [2.05, 4.69) is 32.0 Å². The Morgan fingerprint density at radius 3 is 2.38 bits per heavy atom. The van der Waals surface area contributed by atoms with Crippen LogP contribution in [0.1, 0.15) is 31.2 Å². The number of halogens is 1. The fourth-order valence-corrected chi connectivity index (χ4v) is 4.92. The first-order valence-corrected chi connectivity index (χ1v) is 11.8. The van der Waals surface area contributed by atoms with E-state index in [0.29, 0.717) is 46.5 Å². The first kappa shape index (κ1) is 21.0. The minimum Gasteiger partial charge on any atom is -0.481 e. The third-order valence-electron chi connectivity index (χ3n) is 6.80. The smallest absolute Gasteiger partial charge is 0.314 e. The van der Waals surface area contributed by atoms with Crippen molar-refractivity contribution in [3.8, 4) is 23.0 Å². The Morgan fingerprint density at radius 1 is 1.03 bits per heavy atom. The van der Waals surface area contributed by atoms with Crippen molar-refractivity contribution in [2.75, 3.05) is 18.0 Å². The number of ether oxygens (including phenoxy) is 1. The van der Waals surface area contributed by atoms with E-state index in [9.17, 15) is 9.90 Å². The lowest BCUT2D eigenvalue weighted by Gasteiger charge is -2.17. The Bertz CT molecular complexity index is 1370. The lowest BCUT2D eigenvalue weighted by Crippen LogP contribution is -2.19. The summed E-state index contributed by atoms with van der Waals surface area (Å²) in [4.78, 5) is 26.2. The van der Waals surface area contributed by atoms with Gasteiger partial charge in [0.1, 0.15) is 5.75 Å². The maximum absolute atomic E-state index is 11.5. The summed E-state index contributed by atoms with van der Waals surface area (Å²) >= 11 is 6.56. The van der Waals surface area contributed by atoms with Crippen LogP contribution < -0.4 is 9.64 Å². The Labute approximate surface area is 201 Å². The summed E-state index contributed by atoms with van der Waals surface area (Å²) in [6.07, 6.45) is 3.81. The van der Waals surface area contributed by atoms with Gasteiger partial charge in [0.25, 0.3) is 0 Å². The Hall–Kier alpha value is -3.58. The molecule has 4 aromatic rings. The summed E-state index contributed by atoms with van der Waals surface area (Å²) in [6, 6.07) is 17.6. The van der Waals surface area contributed by atoms with E-state index in [1.54, 1.807) is 30.3 Å². The van der Waals surface area contributed by atoms with Crippen LogP contribution in [-0.4, -0.2) is 39.1 Å². The predicted molar refractivity (Wildman–Crippen MR) is 131 cm³/mol. The number of hydrogen-bond donors (Lipinski definition) is 2. The fourth-order valence-electron chi connectivity index (χ4n) is 4.66. The van der Waals surface area contributed by atoms with Crippen molar-refractivity contribution in [3.63, 3.8) is 0 Å². The van der Waals surface area contributed by atoms with Crippen molar-refractivity contribution in [1.82, 2.24) is 15.0 Å². The molecule has 0 radical (unpaired) electrons. The van der Waals surface area contributed by atoms with Crippen LogP contribution in [-0.2, 0) is 10.2 Å². The highest BCUT2D eigenvalue weighted by molar-refractivity contribution is 6.33. The summed E-state index contributed by atoms with van der Waals surface area (Å²) in [7, 11) is 0. The van der Waals surface area contributed by atoms with Gasteiger partial charge in [0.05, 0.1) is 21.6 Å². The molecule has 1 saturated heterocycles. The number of carboxylic acids is 1. The summed E-state index contributed by atoms with van der Waals surface area (Å²) < 4.78 is 5.87. The average molecular weight is 475 g/mol. The molecule has 172 valence electrons.